The van der Waals surface area contributed by atoms with Crippen LogP contribution in [-0.4, -0.2) is 24.9 Å². The second-order valence-electron chi connectivity index (χ2n) is 6.10. The first-order valence-corrected chi connectivity index (χ1v) is 7.75. The van der Waals surface area contributed by atoms with Crippen molar-refractivity contribution in [2.45, 2.75) is 44.6 Å². The highest BCUT2D eigenvalue weighted by Gasteiger charge is 2.38. The van der Waals surface area contributed by atoms with E-state index >= 15 is 0 Å². The Morgan fingerprint density at radius 1 is 1.29 bits per heavy atom. The van der Waals surface area contributed by atoms with Gasteiger partial charge in [0, 0.05) is 18.8 Å². The van der Waals surface area contributed by atoms with E-state index in [0.717, 1.165) is 0 Å². The lowest BCUT2D eigenvalue weighted by atomic mass is 9.86. The van der Waals surface area contributed by atoms with Crippen molar-refractivity contribution < 1.29 is 27.5 Å². The number of hydrogen-bond acceptors (Lipinski definition) is 3. The van der Waals surface area contributed by atoms with Gasteiger partial charge in [-0.05, 0) is 37.0 Å². The van der Waals surface area contributed by atoms with Crippen LogP contribution in [0.15, 0.2) is 18.2 Å². The maximum Gasteiger partial charge on any atom is 0.333 e. The van der Waals surface area contributed by atoms with Gasteiger partial charge >= 0.3 is 5.97 Å². The molecule has 0 unspecified atom stereocenters. The Morgan fingerprint density at radius 3 is 2.46 bits per heavy atom. The van der Waals surface area contributed by atoms with Gasteiger partial charge in [0.1, 0.15) is 5.82 Å². The highest BCUT2D eigenvalue weighted by molar-refractivity contribution is 5.86. The van der Waals surface area contributed by atoms with Gasteiger partial charge in [-0.15, -0.1) is 0 Å². The van der Waals surface area contributed by atoms with Crippen LogP contribution in [0.3, 0.4) is 0 Å². The molecule has 7 heteroatoms. The standard InChI is InChI=1S/C17H20F3NO3/c1-10-9-12(3-4-13(10)18)14(16(23)24-2)21-15(22)11-5-7-17(19,20)8-6-11/h3-4,9,11,14H,5-8H2,1-2H3,(H,21,22)/t14-/m1/s1. The molecule has 2 rings (SSSR count). The van der Waals surface area contributed by atoms with Crippen LogP contribution < -0.4 is 5.32 Å². The molecule has 1 aromatic carbocycles. The maximum absolute atomic E-state index is 13.4. The van der Waals surface area contributed by atoms with Gasteiger partial charge in [-0.25, -0.2) is 18.0 Å². The number of carbonyl (C=O) groups excluding carboxylic acids is 2. The quantitative estimate of drug-likeness (QED) is 0.854. The number of amides is 1. The average Bonchev–Trinajstić information content (AvgIpc) is 2.54. The van der Waals surface area contributed by atoms with Gasteiger partial charge in [0.25, 0.3) is 0 Å². The van der Waals surface area contributed by atoms with Crippen LogP contribution in [0.1, 0.15) is 42.9 Å². The lowest BCUT2D eigenvalue weighted by Gasteiger charge is -2.28. The fourth-order valence-corrected chi connectivity index (χ4v) is 2.81. The third-order valence-corrected chi connectivity index (χ3v) is 4.33. The fraction of sp³-hybridized carbons (Fsp3) is 0.529. The van der Waals surface area contributed by atoms with Crippen molar-refractivity contribution in [2.24, 2.45) is 5.92 Å². The summed E-state index contributed by atoms with van der Waals surface area (Å²) in [5.74, 6) is -4.90. The molecule has 0 aromatic heterocycles. The Kier molecular flexibility index (Phi) is 5.51. The summed E-state index contributed by atoms with van der Waals surface area (Å²) < 4.78 is 44.5. The number of nitrogens with one attached hydrogen (secondary N) is 1. The lowest BCUT2D eigenvalue weighted by Crippen LogP contribution is -2.40. The van der Waals surface area contributed by atoms with E-state index in [9.17, 15) is 22.8 Å². The van der Waals surface area contributed by atoms with Crippen molar-refractivity contribution in [3.63, 3.8) is 0 Å². The van der Waals surface area contributed by atoms with Gasteiger partial charge in [0.05, 0.1) is 7.11 Å². The van der Waals surface area contributed by atoms with Crippen LogP contribution in [0.2, 0.25) is 0 Å². The molecular formula is C17H20F3NO3. The molecule has 132 valence electrons. The molecule has 0 saturated heterocycles. The summed E-state index contributed by atoms with van der Waals surface area (Å²) in [6.45, 7) is 1.54. The average molecular weight is 343 g/mol. The van der Waals surface area contributed by atoms with Crippen molar-refractivity contribution in [1.82, 2.24) is 5.32 Å². The number of hydrogen-bond donors (Lipinski definition) is 1. The van der Waals surface area contributed by atoms with Crippen molar-refractivity contribution in [3.05, 3.63) is 35.1 Å². The zero-order valence-corrected chi connectivity index (χ0v) is 13.6. The first kappa shape index (κ1) is 18.3. The first-order valence-electron chi connectivity index (χ1n) is 7.75. The van der Waals surface area contributed by atoms with Gasteiger partial charge in [-0.2, -0.15) is 0 Å². The fourth-order valence-electron chi connectivity index (χ4n) is 2.81. The van der Waals surface area contributed by atoms with E-state index < -0.39 is 35.6 Å². The van der Waals surface area contributed by atoms with Crippen LogP contribution >= 0.6 is 0 Å². The van der Waals surface area contributed by atoms with E-state index in [1.807, 2.05) is 0 Å². The van der Waals surface area contributed by atoms with Crippen LogP contribution in [-0.2, 0) is 14.3 Å². The second kappa shape index (κ2) is 7.23. The topological polar surface area (TPSA) is 55.4 Å². The number of halogens is 3. The number of aryl methyl sites for hydroxylation is 1. The molecule has 1 saturated carbocycles. The minimum Gasteiger partial charge on any atom is -0.467 e. The number of carbonyl (C=O) groups is 2. The Bertz CT molecular complexity index is 624. The highest BCUT2D eigenvalue weighted by atomic mass is 19.3. The SMILES string of the molecule is COC(=O)[C@H](NC(=O)C1CCC(F)(F)CC1)c1ccc(F)c(C)c1. The molecule has 24 heavy (non-hydrogen) atoms. The number of esters is 1. The molecule has 0 aliphatic heterocycles. The summed E-state index contributed by atoms with van der Waals surface area (Å²) in [7, 11) is 1.18. The Balaban J connectivity index is 2.13. The molecule has 1 amide bonds. The molecule has 1 aromatic rings. The number of rotatable bonds is 4. The highest BCUT2D eigenvalue weighted by Crippen LogP contribution is 2.36. The van der Waals surface area contributed by atoms with Crippen molar-refractivity contribution >= 4 is 11.9 Å². The predicted molar refractivity (Wildman–Crippen MR) is 80.9 cm³/mol. The van der Waals surface area contributed by atoms with Crippen molar-refractivity contribution in [3.8, 4) is 0 Å². The summed E-state index contributed by atoms with van der Waals surface area (Å²) in [4.78, 5) is 24.3. The molecule has 1 atom stereocenters. The smallest absolute Gasteiger partial charge is 0.333 e. The zero-order chi connectivity index (χ0) is 17.9. The lowest BCUT2D eigenvalue weighted by molar-refractivity contribution is -0.146. The molecule has 0 radical (unpaired) electrons. The van der Waals surface area contributed by atoms with Gasteiger partial charge in [0.2, 0.25) is 11.8 Å². The van der Waals surface area contributed by atoms with Gasteiger partial charge in [-0.3, -0.25) is 4.79 Å². The third kappa shape index (κ3) is 4.27. The Hall–Kier alpha value is -2.05. The van der Waals surface area contributed by atoms with Gasteiger partial charge < -0.3 is 10.1 Å². The van der Waals surface area contributed by atoms with E-state index in [1.165, 1.54) is 32.2 Å². The summed E-state index contributed by atoms with van der Waals surface area (Å²) in [6.07, 6.45) is -0.558. The summed E-state index contributed by atoms with van der Waals surface area (Å²) in [6, 6.07) is 2.95. The number of methoxy groups -OCH3 is 1. The van der Waals surface area contributed by atoms with E-state index in [4.69, 9.17) is 4.74 Å². The third-order valence-electron chi connectivity index (χ3n) is 4.33. The Morgan fingerprint density at radius 2 is 1.92 bits per heavy atom. The number of alkyl halides is 2. The second-order valence-corrected chi connectivity index (χ2v) is 6.10. The normalized spacial score (nSPS) is 18.7. The molecule has 0 heterocycles. The monoisotopic (exact) mass is 343 g/mol. The molecule has 1 N–H and O–H groups in total. The molecule has 0 bridgehead atoms. The minimum atomic E-state index is -2.73. The molecule has 4 nitrogen and oxygen atoms in total. The predicted octanol–water partition coefficient (Wildman–Crippen LogP) is 3.29. The van der Waals surface area contributed by atoms with E-state index in [-0.39, 0.29) is 25.7 Å². The molecule has 0 spiro atoms. The van der Waals surface area contributed by atoms with Crippen LogP contribution in [0.4, 0.5) is 13.2 Å². The molecule has 1 aliphatic rings. The summed E-state index contributed by atoms with van der Waals surface area (Å²) in [5.41, 5.74) is 0.711. The van der Waals surface area contributed by atoms with E-state index in [2.05, 4.69) is 5.32 Å². The number of benzene rings is 1. The minimum absolute atomic E-state index is 0.0647. The molecular weight excluding hydrogens is 323 g/mol. The van der Waals surface area contributed by atoms with E-state index in [0.29, 0.717) is 11.1 Å². The maximum atomic E-state index is 13.4. The molecule has 1 aliphatic carbocycles. The van der Waals surface area contributed by atoms with Crippen LogP contribution in [0.5, 0.6) is 0 Å². The van der Waals surface area contributed by atoms with Crippen LogP contribution in [0, 0.1) is 18.7 Å². The van der Waals surface area contributed by atoms with Gasteiger partial charge in [-0.1, -0.05) is 12.1 Å². The largest absolute Gasteiger partial charge is 0.467 e. The van der Waals surface area contributed by atoms with Gasteiger partial charge in [0.15, 0.2) is 6.04 Å². The summed E-state index contributed by atoms with van der Waals surface area (Å²) >= 11 is 0. The van der Waals surface area contributed by atoms with E-state index in [1.54, 1.807) is 0 Å². The van der Waals surface area contributed by atoms with Crippen LogP contribution in [0.25, 0.3) is 0 Å². The molecule has 1 fully saturated rings. The summed E-state index contributed by atoms with van der Waals surface area (Å²) in [5, 5.41) is 2.55. The zero-order valence-electron chi connectivity index (χ0n) is 13.6. The Labute approximate surface area is 138 Å². The first-order chi connectivity index (χ1) is 11.2. The number of ether oxygens (including phenoxy) is 1. The van der Waals surface area contributed by atoms with Crippen molar-refractivity contribution in [1.29, 1.82) is 0 Å². The van der Waals surface area contributed by atoms with Crippen molar-refractivity contribution in [2.75, 3.05) is 7.11 Å².